The number of aromatic nitrogens is 2. The van der Waals surface area contributed by atoms with Crippen molar-refractivity contribution < 1.29 is 14.4 Å². The fourth-order valence-electron chi connectivity index (χ4n) is 2.89. The van der Waals surface area contributed by atoms with Crippen molar-refractivity contribution in [2.24, 2.45) is 0 Å². The van der Waals surface area contributed by atoms with Crippen LogP contribution in [0.4, 0.5) is 0 Å². The Bertz CT molecular complexity index is 986. The molecule has 5 heteroatoms. The number of hydrogen-bond donors (Lipinski definition) is 1. The Morgan fingerprint density at radius 1 is 0.926 bits per heavy atom. The molecule has 0 aliphatic carbocycles. The van der Waals surface area contributed by atoms with Gasteiger partial charge in [-0.05, 0) is 18.2 Å². The first-order chi connectivity index (χ1) is 13.3. The molecule has 0 spiro atoms. The van der Waals surface area contributed by atoms with Crippen molar-refractivity contribution in [3.63, 3.8) is 0 Å². The van der Waals surface area contributed by atoms with E-state index in [1.807, 2.05) is 66.7 Å². The summed E-state index contributed by atoms with van der Waals surface area (Å²) in [5.74, 6) is 1.20. The van der Waals surface area contributed by atoms with Gasteiger partial charge in [0.1, 0.15) is 24.2 Å². The normalized spacial score (nSPS) is 11.9. The zero-order valence-electron chi connectivity index (χ0n) is 14.5. The molecule has 0 saturated carbocycles. The quantitative estimate of drug-likeness (QED) is 0.553. The Morgan fingerprint density at radius 3 is 2.37 bits per heavy atom. The van der Waals surface area contributed by atoms with Crippen molar-refractivity contribution in [1.82, 2.24) is 10.1 Å². The van der Waals surface area contributed by atoms with Crippen molar-refractivity contribution in [1.29, 1.82) is 0 Å². The second-order valence-corrected chi connectivity index (χ2v) is 6.02. The largest absolute Gasteiger partial charge is 0.486 e. The molecule has 0 fully saturated rings. The number of ether oxygens (including phenoxy) is 1. The molecule has 2 heterocycles. The van der Waals surface area contributed by atoms with E-state index < -0.39 is 6.10 Å². The van der Waals surface area contributed by atoms with Gasteiger partial charge in [0, 0.05) is 23.5 Å². The Kier molecular flexibility index (Phi) is 4.94. The molecular weight excluding hydrogens is 340 g/mol. The minimum Gasteiger partial charge on any atom is -0.486 e. The van der Waals surface area contributed by atoms with Crippen LogP contribution in [0.2, 0.25) is 0 Å². The fourth-order valence-corrected chi connectivity index (χ4v) is 2.89. The lowest BCUT2D eigenvalue weighted by Crippen LogP contribution is -2.06. The highest BCUT2D eigenvalue weighted by Crippen LogP contribution is 2.34. The van der Waals surface area contributed by atoms with Crippen LogP contribution in [0.25, 0.3) is 11.3 Å². The predicted octanol–water partition coefficient (Wildman–Crippen LogP) is 4.40. The highest BCUT2D eigenvalue weighted by atomic mass is 16.5. The zero-order chi connectivity index (χ0) is 18.5. The Hall–Kier alpha value is -3.44. The Balaban J connectivity index is 1.71. The summed E-state index contributed by atoms with van der Waals surface area (Å²) in [6.07, 6.45) is 2.38. The van der Waals surface area contributed by atoms with Crippen LogP contribution < -0.4 is 4.74 Å². The summed E-state index contributed by atoms with van der Waals surface area (Å²) < 4.78 is 11.4. The van der Waals surface area contributed by atoms with E-state index >= 15 is 0 Å². The van der Waals surface area contributed by atoms with E-state index in [0.29, 0.717) is 22.6 Å². The van der Waals surface area contributed by atoms with Crippen LogP contribution in [0.5, 0.6) is 5.75 Å². The van der Waals surface area contributed by atoms with Crippen LogP contribution in [0, 0.1) is 0 Å². The van der Waals surface area contributed by atoms with Crippen molar-refractivity contribution in [2.45, 2.75) is 12.7 Å². The summed E-state index contributed by atoms with van der Waals surface area (Å²) in [5, 5.41) is 15.2. The number of hydrogen-bond acceptors (Lipinski definition) is 5. The van der Waals surface area contributed by atoms with Crippen molar-refractivity contribution >= 4 is 0 Å². The second kappa shape index (κ2) is 7.85. The number of pyridine rings is 1. The van der Waals surface area contributed by atoms with Gasteiger partial charge in [0.15, 0.2) is 5.76 Å². The molecular formula is C22H18N2O3. The van der Waals surface area contributed by atoms with E-state index in [1.165, 1.54) is 0 Å². The molecule has 5 nitrogen and oxygen atoms in total. The Morgan fingerprint density at radius 2 is 1.67 bits per heavy atom. The molecule has 2 aromatic carbocycles. The SMILES string of the molecule is OC(c1cccnc1)c1c(-c2ccccc2)noc1COc1ccccc1. The molecule has 1 atom stereocenters. The third-order valence-electron chi connectivity index (χ3n) is 4.24. The van der Waals surface area contributed by atoms with Crippen LogP contribution in [-0.2, 0) is 6.61 Å². The van der Waals surface area contributed by atoms with Crippen LogP contribution in [0.15, 0.2) is 89.7 Å². The van der Waals surface area contributed by atoms with E-state index in [2.05, 4.69) is 10.1 Å². The molecule has 4 rings (SSSR count). The summed E-state index contributed by atoms with van der Waals surface area (Å²) in [6, 6.07) is 22.7. The first kappa shape index (κ1) is 17.0. The summed E-state index contributed by atoms with van der Waals surface area (Å²) in [4.78, 5) is 4.10. The average Bonchev–Trinajstić information content (AvgIpc) is 3.17. The molecule has 0 radical (unpaired) electrons. The van der Waals surface area contributed by atoms with Crippen LogP contribution in [0.3, 0.4) is 0 Å². The van der Waals surface area contributed by atoms with Gasteiger partial charge in [0.25, 0.3) is 0 Å². The smallest absolute Gasteiger partial charge is 0.180 e. The number of aliphatic hydroxyl groups excluding tert-OH is 1. The summed E-state index contributed by atoms with van der Waals surface area (Å²) in [5.41, 5.74) is 2.72. The molecule has 0 bridgehead atoms. The number of para-hydroxylation sites is 1. The number of rotatable bonds is 6. The van der Waals surface area contributed by atoms with Gasteiger partial charge < -0.3 is 14.4 Å². The number of benzene rings is 2. The molecule has 0 aliphatic rings. The molecule has 1 unspecified atom stereocenters. The molecule has 4 aromatic rings. The third-order valence-corrected chi connectivity index (χ3v) is 4.24. The van der Waals surface area contributed by atoms with E-state index in [9.17, 15) is 5.11 Å². The lowest BCUT2D eigenvalue weighted by molar-refractivity contribution is 0.205. The highest BCUT2D eigenvalue weighted by molar-refractivity contribution is 5.64. The van der Waals surface area contributed by atoms with Gasteiger partial charge >= 0.3 is 0 Å². The van der Waals surface area contributed by atoms with Gasteiger partial charge in [-0.1, -0.05) is 59.8 Å². The minimum absolute atomic E-state index is 0.163. The minimum atomic E-state index is -0.922. The predicted molar refractivity (Wildman–Crippen MR) is 101 cm³/mol. The maximum Gasteiger partial charge on any atom is 0.180 e. The standard InChI is InChI=1S/C22H18N2O3/c25-22(17-10-7-13-23-14-17)20-19(15-26-18-11-5-2-6-12-18)27-24-21(20)16-8-3-1-4-9-16/h1-14,22,25H,15H2. The van der Waals surface area contributed by atoms with Gasteiger partial charge in [-0.15, -0.1) is 0 Å². The number of aliphatic hydroxyl groups is 1. The first-order valence-corrected chi connectivity index (χ1v) is 8.62. The van der Waals surface area contributed by atoms with Crippen molar-refractivity contribution in [3.8, 4) is 17.0 Å². The second-order valence-electron chi connectivity index (χ2n) is 6.02. The van der Waals surface area contributed by atoms with Crippen molar-refractivity contribution in [2.75, 3.05) is 0 Å². The Labute approximate surface area is 156 Å². The molecule has 0 saturated heterocycles. The van der Waals surface area contributed by atoms with Gasteiger partial charge in [-0.25, -0.2) is 0 Å². The molecule has 0 aliphatic heterocycles. The molecule has 2 aromatic heterocycles. The van der Waals surface area contributed by atoms with E-state index in [0.717, 1.165) is 11.3 Å². The monoisotopic (exact) mass is 358 g/mol. The van der Waals surface area contributed by atoms with Gasteiger partial charge in [-0.2, -0.15) is 0 Å². The highest BCUT2D eigenvalue weighted by Gasteiger charge is 2.25. The summed E-state index contributed by atoms with van der Waals surface area (Å²) in [7, 11) is 0. The van der Waals surface area contributed by atoms with E-state index in [-0.39, 0.29) is 6.61 Å². The molecule has 27 heavy (non-hydrogen) atoms. The number of nitrogens with zero attached hydrogens (tertiary/aromatic N) is 2. The van der Waals surface area contributed by atoms with Gasteiger partial charge in [0.2, 0.25) is 0 Å². The molecule has 0 amide bonds. The molecule has 134 valence electrons. The van der Waals surface area contributed by atoms with Crippen molar-refractivity contribution in [3.05, 3.63) is 102 Å². The van der Waals surface area contributed by atoms with Gasteiger partial charge in [-0.3, -0.25) is 4.98 Å². The maximum absolute atomic E-state index is 11.0. The lowest BCUT2D eigenvalue weighted by atomic mass is 9.97. The summed E-state index contributed by atoms with van der Waals surface area (Å²) >= 11 is 0. The molecule has 1 N–H and O–H groups in total. The first-order valence-electron chi connectivity index (χ1n) is 8.62. The van der Waals surface area contributed by atoms with Crippen LogP contribution >= 0.6 is 0 Å². The topological polar surface area (TPSA) is 68.4 Å². The van der Waals surface area contributed by atoms with E-state index in [4.69, 9.17) is 9.26 Å². The zero-order valence-corrected chi connectivity index (χ0v) is 14.5. The summed E-state index contributed by atoms with van der Waals surface area (Å²) in [6.45, 7) is 0.163. The lowest BCUT2D eigenvalue weighted by Gasteiger charge is -2.13. The van der Waals surface area contributed by atoms with Gasteiger partial charge in [0.05, 0.1) is 5.56 Å². The third kappa shape index (κ3) is 3.73. The maximum atomic E-state index is 11.0. The van der Waals surface area contributed by atoms with Crippen LogP contribution in [0.1, 0.15) is 23.0 Å². The van der Waals surface area contributed by atoms with Crippen LogP contribution in [-0.4, -0.2) is 15.2 Å². The average molecular weight is 358 g/mol. The fraction of sp³-hybridized carbons (Fsp3) is 0.0909. The van der Waals surface area contributed by atoms with E-state index in [1.54, 1.807) is 18.5 Å².